The molecule has 0 aliphatic heterocycles. The molecule has 1 amide bonds. The van der Waals surface area contributed by atoms with E-state index in [4.69, 9.17) is 11.5 Å². The average Bonchev–Trinajstić information content (AvgIpc) is 2.57. The number of nitro groups is 1. The summed E-state index contributed by atoms with van der Waals surface area (Å²) < 4.78 is 0. The third-order valence-electron chi connectivity index (χ3n) is 3.41. The Morgan fingerprint density at radius 3 is 2.54 bits per heavy atom. The van der Waals surface area contributed by atoms with E-state index in [1.165, 1.54) is 0 Å². The number of rotatable bonds is 10. The highest BCUT2D eigenvalue weighted by molar-refractivity contribution is 5.87. The second kappa shape index (κ2) is 10.6. The fourth-order valence-electron chi connectivity index (χ4n) is 2.14. The van der Waals surface area contributed by atoms with E-state index in [-0.39, 0.29) is 25.3 Å². The second-order valence-electron chi connectivity index (χ2n) is 5.49. The van der Waals surface area contributed by atoms with Crippen LogP contribution >= 0.6 is 0 Å². The van der Waals surface area contributed by atoms with Gasteiger partial charge in [-0.15, -0.1) is 0 Å². The number of hydrazone groups is 1. The molecule has 26 heavy (non-hydrogen) atoms. The van der Waals surface area contributed by atoms with Gasteiger partial charge in [-0.2, -0.15) is 0 Å². The summed E-state index contributed by atoms with van der Waals surface area (Å²) in [5.74, 6) is -2.14. The Bertz CT molecular complexity index is 651. The maximum Gasteiger partial charge on any atom is 0.326 e. The van der Waals surface area contributed by atoms with Crippen molar-refractivity contribution in [3.05, 3.63) is 46.0 Å². The molecule has 11 heteroatoms. The lowest BCUT2D eigenvalue weighted by Crippen LogP contribution is -2.49. The average molecular weight is 366 g/mol. The number of carbonyl (C=O) groups is 2. The Morgan fingerprint density at radius 2 is 1.96 bits per heavy atom. The van der Waals surface area contributed by atoms with Crippen LogP contribution in [0.1, 0.15) is 18.4 Å². The van der Waals surface area contributed by atoms with Gasteiger partial charge in [-0.25, -0.2) is 14.9 Å². The van der Waals surface area contributed by atoms with Gasteiger partial charge in [0.1, 0.15) is 11.1 Å². The van der Waals surface area contributed by atoms with Gasteiger partial charge in [0, 0.05) is 6.54 Å². The Labute approximate surface area is 149 Å². The molecule has 0 saturated heterocycles. The van der Waals surface area contributed by atoms with Gasteiger partial charge in [0.2, 0.25) is 5.91 Å². The monoisotopic (exact) mass is 366 g/mol. The molecule has 0 bridgehead atoms. The molecule has 2 unspecified atom stereocenters. The predicted octanol–water partition coefficient (Wildman–Crippen LogP) is -0.998. The zero-order chi connectivity index (χ0) is 19.5. The van der Waals surface area contributed by atoms with Crippen LogP contribution in [0.3, 0.4) is 0 Å². The molecule has 7 N–H and O–H groups in total. The van der Waals surface area contributed by atoms with Gasteiger partial charge in [-0.3, -0.25) is 4.79 Å². The van der Waals surface area contributed by atoms with Crippen molar-refractivity contribution in [2.24, 2.45) is 16.6 Å². The van der Waals surface area contributed by atoms with Crippen LogP contribution in [0.4, 0.5) is 0 Å². The highest BCUT2D eigenvalue weighted by Crippen LogP contribution is 2.03. The normalized spacial score (nSPS) is 13.5. The SMILES string of the molecule is NC(=N[N+](=O)[O-])NCCCC(NC(=O)C(N)Cc1ccccc1)C(=O)O. The second-order valence-corrected chi connectivity index (χ2v) is 5.49. The number of aliphatic carboxylic acids is 1. The fraction of sp³-hybridized carbons (Fsp3) is 0.400. The van der Waals surface area contributed by atoms with Crippen molar-refractivity contribution in [1.82, 2.24) is 10.6 Å². The van der Waals surface area contributed by atoms with Crippen LogP contribution in [0, 0.1) is 10.1 Å². The summed E-state index contributed by atoms with van der Waals surface area (Å²) in [5, 5.41) is 26.1. The number of carboxylic acid groups (broad SMARTS) is 1. The van der Waals surface area contributed by atoms with E-state index in [1.807, 2.05) is 30.3 Å². The van der Waals surface area contributed by atoms with E-state index < -0.39 is 29.0 Å². The number of nitrogens with two attached hydrogens (primary N) is 2. The highest BCUT2D eigenvalue weighted by atomic mass is 16.7. The summed E-state index contributed by atoms with van der Waals surface area (Å²) in [6.45, 7) is 0.166. The molecule has 1 aromatic rings. The summed E-state index contributed by atoms with van der Waals surface area (Å²) in [5.41, 5.74) is 11.9. The van der Waals surface area contributed by atoms with E-state index in [9.17, 15) is 24.8 Å². The van der Waals surface area contributed by atoms with Gasteiger partial charge in [-0.1, -0.05) is 30.3 Å². The summed E-state index contributed by atoms with van der Waals surface area (Å²) in [4.78, 5) is 33.5. The van der Waals surface area contributed by atoms with Gasteiger partial charge < -0.3 is 27.2 Å². The zero-order valence-corrected chi connectivity index (χ0v) is 14.0. The number of amides is 1. The first-order valence-corrected chi connectivity index (χ1v) is 7.84. The number of hydrogen-bond acceptors (Lipinski definition) is 5. The minimum absolute atomic E-state index is 0.0951. The number of nitrogens with zero attached hydrogens (tertiary/aromatic N) is 2. The Kier molecular flexibility index (Phi) is 8.50. The Balaban J connectivity index is 2.45. The van der Waals surface area contributed by atoms with E-state index >= 15 is 0 Å². The first-order chi connectivity index (χ1) is 12.3. The highest BCUT2D eigenvalue weighted by Gasteiger charge is 2.23. The van der Waals surface area contributed by atoms with Crippen molar-refractivity contribution in [2.75, 3.05) is 6.54 Å². The molecule has 0 aromatic heterocycles. The quantitative estimate of drug-likeness (QED) is 0.115. The third-order valence-corrected chi connectivity index (χ3v) is 3.41. The number of guanidine groups is 1. The molecule has 1 aromatic carbocycles. The molecule has 11 nitrogen and oxygen atoms in total. The maximum atomic E-state index is 12.1. The standard InChI is InChI=1S/C15H22N6O5/c16-11(9-10-5-2-1-3-6-10)13(22)19-12(14(23)24)7-4-8-18-15(17)20-21(25)26/h1-3,5-6,11-12H,4,7-9,16H2,(H,19,22)(H,23,24)(H3,17,18,20). The predicted molar refractivity (Wildman–Crippen MR) is 93.5 cm³/mol. The molecule has 2 atom stereocenters. The van der Waals surface area contributed by atoms with Crippen molar-refractivity contribution in [3.8, 4) is 0 Å². The molecule has 0 radical (unpaired) electrons. The van der Waals surface area contributed by atoms with Gasteiger partial charge in [-0.05, 0) is 24.8 Å². The summed E-state index contributed by atoms with van der Waals surface area (Å²) in [6.07, 6.45) is 0.672. The van der Waals surface area contributed by atoms with Crippen molar-refractivity contribution >= 4 is 17.8 Å². The molecule has 0 aliphatic carbocycles. The van der Waals surface area contributed by atoms with Crippen molar-refractivity contribution in [1.29, 1.82) is 0 Å². The minimum Gasteiger partial charge on any atom is -0.480 e. The Morgan fingerprint density at radius 1 is 1.31 bits per heavy atom. The van der Waals surface area contributed by atoms with E-state index in [0.717, 1.165) is 5.56 Å². The molecule has 0 heterocycles. The van der Waals surface area contributed by atoms with Gasteiger partial charge >= 0.3 is 5.97 Å². The lowest BCUT2D eigenvalue weighted by molar-refractivity contribution is -0.485. The van der Waals surface area contributed by atoms with E-state index in [1.54, 1.807) is 0 Å². The number of nitrogens with one attached hydrogen (secondary N) is 2. The molecule has 1 rings (SSSR count). The van der Waals surface area contributed by atoms with Crippen molar-refractivity contribution < 1.29 is 19.7 Å². The minimum atomic E-state index is -1.20. The van der Waals surface area contributed by atoms with Gasteiger partial charge in [0.25, 0.3) is 5.96 Å². The summed E-state index contributed by atoms with van der Waals surface area (Å²) in [6, 6.07) is 7.13. The molecular formula is C15H22N6O5. The lowest BCUT2D eigenvalue weighted by atomic mass is 10.1. The molecule has 142 valence electrons. The van der Waals surface area contributed by atoms with Gasteiger partial charge in [0.15, 0.2) is 5.03 Å². The zero-order valence-electron chi connectivity index (χ0n) is 14.0. The number of benzene rings is 1. The number of carbonyl (C=O) groups excluding carboxylic acids is 1. The molecule has 0 saturated carbocycles. The summed E-state index contributed by atoms with van der Waals surface area (Å²) in [7, 11) is 0. The van der Waals surface area contributed by atoms with E-state index in [2.05, 4.69) is 15.7 Å². The smallest absolute Gasteiger partial charge is 0.326 e. The van der Waals surface area contributed by atoms with Crippen LogP contribution in [-0.4, -0.2) is 46.6 Å². The first kappa shape index (κ1) is 20.8. The lowest BCUT2D eigenvalue weighted by Gasteiger charge is -2.18. The summed E-state index contributed by atoms with van der Waals surface area (Å²) >= 11 is 0. The topological polar surface area (TPSA) is 186 Å². The van der Waals surface area contributed by atoms with Crippen LogP contribution in [-0.2, 0) is 16.0 Å². The molecule has 0 spiro atoms. The molecule has 0 fully saturated rings. The Hall–Kier alpha value is -3.21. The van der Waals surface area contributed by atoms with Crippen LogP contribution in [0.5, 0.6) is 0 Å². The maximum absolute atomic E-state index is 12.1. The van der Waals surface area contributed by atoms with Crippen LogP contribution in [0.2, 0.25) is 0 Å². The third kappa shape index (κ3) is 8.06. The molecular weight excluding hydrogens is 344 g/mol. The largest absolute Gasteiger partial charge is 0.480 e. The first-order valence-electron chi connectivity index (χ1n) is 7.84. The number of hydrogen-bond donors (Lipinski definition) is 5. The van der Waals surface area contributed by atoms with Crippen molar-refractivity contribution in [3.63, 3.8) is 0 Å². The number of carboxylic acids is 1. The fourth-order valence-corrected chi connectivity index (χ4v) is 2.14. The van der Waals surface area contributed by atoms with Crippen molar-refractivity contribution in [2.45, 2.75) is 31.3 Å². The molecule has 0 aliphatic rings. The van der Waals surface area contributed by atoms with Crippen LogP contribution < -0.4 is 22.1 Å². The van der Waals surface area contributed by atoms with Gasteiger partial charge in [0.05, 0.1) is 6.04 Å². The van der Waals surface area contributed by atoms with E-state index in [0.29, 0.717) is 6.42 Å². The van der Waals surface area contributed by atoms with Crippen LogP contribution in [0.15, 0.2) is 35.4 Å². The van der Waals surface area contributed by atoms with Crippen LogP contribution in [0.25, 0.3) is 0 Å².